The SMILES string of the molecule is Cc1ccc(OC(=O)/C=C/c2cccc3ccccc23)cn1. The summed E-state index contributed by atoms with van der Waals surface area (Å²) in [4.78, 5) is 16.0. The lowest BCUT2D eigenvalue weighted by molar-refractivity contribution is -0.128. The van der Waals surface area contributed by atoms with Crippen LogP contribution in [0.5, 0.6) is 5.75 Å². The van der Waals surface area contributed by atoms with Gasteiger partial charge in [-0.1, -0.05) is 42.5 Å². The average molecular weight is 289 g/mol. The summed E-state index contributed by atoms with van der Waals surface area (Å²) in [5.74, 6) is 0.0248. The Labute approximate surface area is 128 Å². The van der Waals surface area contributed by atoms with Gasteiger partial charge in [0.1, 0.15) is 5.75 Å². The molecule has 0 aliphatic rings. The molecule has 0 aliphatic heterocycles. The Balaban J connectivity index is 1.78. The molecule has 22 heavy (non-hydrogen) atoms. The molecular formula is C19H15NO2. The summed E-state index contributed by atoms with van der Waals surface area (Å²) in [5, 5.41) is 2.24. The van der Waals surface area contributed by atoms with Crippen molar-refractivity contribution in [3.63, 3.8) is 0 Å². The number of benzene rings is 2. The van der Waals surface area contributed by atoms with Gasteiger partial charge in [-0.15, -0.1) is 0 Å². The van der Waals surface area contributed by atoms with Gasteiger partial charge in [-0.25, -0.2) is 4.79 Å². The summed E-state index contributed by atoms with van der Waals surface area (Å²) in [6.45, 7) is 1.88. The van der Waals surface area contributed by atoms with Gasteiger partial charge in [0, 0.05) is 11.8 Å². The van der Waals surface area contributed by atoms with E-state index in [-0.39, 0.29) is 0 Å². The van der Waals surface area contributed by atoms with Crippen LogP contribution in [0, 0.1) is 6.92 Å². The molecule has 3 rings (SSSR count). The van der Waals surface area contributed by atoms with Gasteiger partial charge in [0.05, 0.1) is 6.20 Å². The first-order valence-electron chi connectivity index (χ1n) is 7.03. The molecule has 3 heteroatoms. The highest BCUT2D eigenvalue weighted by Crippen LogP contribution is 2.19. The third-order valence-corrected chi connectivity index (χ3v) is 3.33. The minimum atomic E-state index is -0.418. The molecule has 3 nitrogen and oxygen atoms in total. The van der Waals surface area contributed by atoms with Crippen LogP contribution in [-0.4, -0.2) is 11.0 Å². The summed E-state index contributed by atoms with van der Waals surface area (Å²) in [6, 6.07) is 17.6. The Morgan fingerprint density at radius 3 is 2.68 bits per heavy atom. The van der Waals surface area contributed by atoms with E-state index in [2.05, 4.69) is 4.98 Å². The number of nitrogens with zero attached hydrogens (tertiary/aromatic N) is 1. The minimum absolute atomic E-state index is 0.418. The molecule has 0 saturated heterocycles. The number of carbonyl (C=O) groups excluding carboxylic acids is 1. The molecule has 0 saturated carbocycles. The summed E-state index contributed by atoms with van der Waals surface area (Å²) in [6.07, 6.45) is 4.74. The maximum atomic E-state index is 11.9. The van der Waals surface area contributed by atoms with Crippen molar-refractivity contribution in [2.45, 2.75) is 6.92 Å². The van der Waals surface area contributed by atoms with Gasteiger partial charge >= 0.3 is 5.97 Å². The van der Waals surface area contributed by atoms with Crippen molar-refractivity contribution >= 4 is 22.8 Å². The van der Waals surface area contributed by atoms with Crippen LogP contribution in [-0.2, 0) is 4.79 Å². The van der Waals surface area contributed by atoms with Crippen LogP contribution in [0.4, 0.5) is 0 Å². The molecule has 0 fully saturated rings. The van der Waals surface area contributed by atoms with Crippen LogP contribution in [0.25, 0.3) is 16.8 Å². The smallest absolute Gasteiger partial charge is 0.336 e. The molecular weight excluding hydrogens is 274 g/mol. The molecule has 0 bridgehead atoms. The van der Waals surface area contributed by atoms with Crippen LogP contribution in [0.2, 0.25) is 0 Å². The molecule has 0 unspecified atom stereocenters. The molecule has 0 amide bonds. The van der Waals surface area contributed by atoms with E-state index >= 15 is 0 Å². The summed E-state index contributed by atoms with van der Waals surface area (Å²) >= 11 is 0. The van der Waals surface area contributed by atoms with Gasteiger partial charge < -0.3 is 4.74 Å². The summed E-state index contributed by atoms with van der Waals surface area (Å²) < 4.78 is 5.21. The van der Waals surface area contributed by atoms with Gasteiger partial charge in [-0.05, 0) is 41.5 Å². The predicted molar refractivity (Wildman–Crippen MR) is 87.6 cm³/mol. The van der Waals surface area contributed by atoms with E-state index in [1.165, 1.54) is 6.08 Å². The summed E-state index contributed by atoms with van der Waals surface area (Å²) in [7, 11) is 0. The van der Waals surface area contributed by atoms with Crippen molar-refractivity contribution in [1.82, 2.24) is 4.98 Å². The maximum absolute atomic E-state index is 11.9. The number of hydrogen-bond acceptors (Lipinski definition) is 3. The first-order chi connectivity index (χ1) is 10.7. The Bertz CT molecular complexity index is 830. The highest BCUT2D eigenvalue weighted by molar-refractivity contribution is 5.95. The molecule has 0 aliphatic carbocycles. The molecule has 108 valence electrons. The molecule has 0 radical (unpaired) electrons. The van der Waals surface area contributed by atoms with Gasteiger partial charge in [0.2, 0.25) is 0 Å². The van der Waals surface area contributed by atoms with Crippen LogP contribution < -0.4 is 4.74 Å². The van der Waals surface area contributed by atoms with Gasteiger partial charge in [0.15, 0.2) is 0 Å². The summed E-state index contributed by atoms with van der Waals surface area (Å²) in [5.41, 5.74) is 1.86. The monoisotopic (exact) mass is 289 g/mol. The fourth-order valence-electron chi connectivity index (χ4n) is 2.22. The molecule has 2 aromatic carbocycles. The third kappa shape index (κ3) is 3.20. The van der Waals surface area contributed by atoms with E-state index in [1.807, 2.05) is 49.4 Å². The van der Waals surface area contributed by atoms with Crippen LogP contribution in [0.3, 0.4) is 0 Å². The number of carbonyl (C=O) groups is 1. The van der Waals surface area contributed by atoms with Crippen molar-refractivity contribution in [1.29, 1.82) is 0 Å². The lowest BCUT2D eigenvalue weighted by atomic mass is 10.0. The first-order valence-corrected chi connectivity index (χ1v) is 7.03. The zero-order valence-electron chi connectivity index (χ0n) is 12.2. The molecule has 1 heterocycles. The Kier molecular flexibility index (Phi) is 3.97. The van der Waals surface area contributed by atoms with Crippen LogP contribution in [0.1, 0.15) is 11.3 Å². The lowest BCUT2D eigenvalue weighted by Crippen LogP contribution is -2.03. The highest BCUT2D eigenvalue weighted by Gasteiger charge is 2.02. The minimum Gasteiger partial charge on any atom is -0.422 e. The fourth-order valence-corrected chi connectivity index (χ4v) is 2.22. The zero-order valence-corrected chi connectivity index (χ0v) is 12.2. The van der Waals surface area contributed by atoms with Crippen LogP contribution >= 0.6 is 0 Å². The van der Waals surface area contributed by atoms with E-state index in [0.717, 1.165) is 22.0 Å². The molecule has 0 N–H and O–H groups in total. The van der Waals surface area contributed by atoms with Crippen molar-refractivity contribution < 1.29 is 9.53 Å². The van der Waals surface area contributed by atoms with Gasteiger partial charge in [0.25, 0.3) is 0 Å². The van der Waals surface area contributed by atoms with Gasteiger partial charge in [-0.2, -0.15) is 0 Å². The van der Waals surface area contributed by atoms with E-state index in [1.54, 1.807) is 24.4 Å². The number of ether oxygens (including phenoxy) is 1. The van der Waals surface area contributed by atoms with E-state index in [9.17, 15) is 4.79 Å². The van der Waals surface area contributed by atoms with Crippen molar-refractivity contribution in [2.75, 3.05) is 0 Å². The topological polar surface area (TPSA) is 39.2 Å². The number of aryl methyl sites for hydroxylation is 1. The Morgan fingerprint density at radius 2 is 1.86 bits per heavy atom. The zero-order chi connectivity index (χ0) is 15.4. The molecule has 1 aromatic heterocycles. The first kappa shape index (κ1) is 14.0. The highest BCUT2D eigenvalue weighted by atomic mass is 16.5. The van der Waals surface area contributed by atoms with Crippen molar-refractivity contribution in [3.8, 4) is 5.75 Å². The van der Waals surface area contributed by atoms with E-state index in [4.69, 9.17) is 4.74 Å². The number of fused-ring (bicyclic) bond motifs is 1. The third-order valence-electron chi connectivity index (χ3n) is 3.33. The second-order valence-corrected chi connectivity index (χ2v) is 4.96. The van der Waals surface area contributed by atoms with E-state index < -0.39 is 5.97 Å². The molecule has 0 spiro atoms. The standard InChI is InChI=1S/C19H15NO2/c1-14-9-11-17(13-20-14)22-19(21)12-10-16-7-4-6-15-5-2-3-8-18(15)16/h2-13H,1H3/b12-10+. The fraction of sp³-hybridized carbons (Fsp3) is 0.0526. The maximum Gasteiger partial charge on any atom is 0.336 e. The van der Waals surface area contributed by atoms with Crippen molar-refractivity contribution in [2.24, 2.45) is 0 Å². The number of hydrogen-bond donors (Lipinski definition) is 0. The van der Waals surface area contributed by atoms with Gasteiger partial charge in [-0.3, -0.25) is 4.98 Å². The Hall–Kier alpha value is -2.94. The largest absolute Gasteiger partial charge is 0.422 e. The predicted octanol–water partition coefficient (Wildman–Crippen LogP) is 4.16. The Morgan fingerprint density at radius 1 is 1.05 bits per heavy atom. The number of aromatic nitrogens is 1. The number of esters is 1. The number of rotatable bonds is 3. The molecule has 3 aromatic rings. The normalized spacial score (nSPS) is 11.0. The second-order valence-electron chi connectivity index (χ2n) is 4.96. The lowest BCUT2D eigenvalue weighted by Gasteiger charge is -2.02. The molecule has 0 atom stereocenters. The number of pyridine rings is 1. The van der Waals surface area contributed by atoms with E-state index in [0.29, 0.717) is 5.75 Å². The quantitative estimate of drug-likeness (QED) is 0.537. The van der Waals surface area contributed by atoms with Crippen molar-refractivity contribution in [3.05, 3.63) is 78.1 Å². The second kappa shape index (κ2) is 6.22. The van der Waals surface area contributed by atoms with Crippen LogP contribution in [0.15, 0.2) is 66.9 Å². The average Bonchev–Trinajstić information content (AvgIpc) is 2.55.